The Balaban J connectivity index is 2.07. The minimum absolute atomic E-state index is 0.0516. The van der Waals surface area contributed by atoms with Crippen LogP contribution in [0.15, 0.2) is 24.3 Å². The molecular formula is C13H18N2O2. The molecule has 1 saturated heterocycles. The second-order valence-electron chi connectivity index (χ2n) is 4.42. The summed E-state index contributed by atoms with van der Waals surface area (Å²) < 4.78 is 5.82. The first-order chi connectivity index (χ1) is 8.20. The van der Waals surface area contributed by atoms with Crippen LogP contribution in [0.25, 0.3) is 0 Å². The zero-order chi connectivity index (χ0) is 12.3. The minimum atomic E-state index is 0.0516. The number of carbonyl (C=O) groups excluding carboxylic acids is 1. The molecule has 17 heavy (non-hydrogen) atoms. The maximum atomic E-state index is 11.8. The number of hydrogen-bond acceptors (Lipinski definition) is 4. The lowest BCUT2D eigenvalue weighted by atomic mass is 10.1. The molecule has 4 nitrogen and oxygen atoms in total. The molecule has 1 aromatic rings. The fraction of sp³-hybridized carbons (Fsp3) is 0.462. The average Bonchev–Trinajstić information content (AvgIpc) is 2.28. The average molecular weight is 234 g/mol. The van der Waals surface area contributed by atoms with E-state index in [1.54, 1.807) is 6.07 Å². The van der Waals surface area contributed by atoms with Gasteiger partial charge in [0, 0.05) is 19.5 Å². The largest absolute Gasteiger partial charge is 0.487 e. The van der Waals surface area contributed by atoms with Crippen molar-refractivity contribution < 1.29 is 9.53 Å². The number of benzene rings is 1. The van der Waals surface area contributed by atoms with Gasteiger partial charge in [0.05, 0.1) is 5.56 Å². The van der Waals surface area contributed by atoms with Crippen molar-refractivity contribution in [2.75, 3.05) is 26.7 Å². The fourth-order valence-electron chi connectivity index (χ4n) is 1.96. The molecule has 1 aliphatic heterocycles. The Morgan fingerprint density at radius 2 is 2.18 bits per heavy atom. The lowest BCUT2D eigenvalue weighted by molar-refractivity contribution is 0.0381. The Labute approximate surface area is 101 Å². The molecule has 2 N–H and O–H groups in total. The number of para-hydroxylation sites is 1. The Kier molecular flexibility index (Phi) is 3.76. The van der Waals surface area contributed by atoms with Gasteiger partial charge in [-0.2, -0.15) is 0 Å². The van der Waals surface area contributed by atoms with Gasteiger partial charge in [-0.1, -0.05) is 12.1 Å². The Morgan fingerprint density at radius 3 is 2.82 bits per heavy atom. The van der Waals surface area contributed by atoms with Gasteiger partial charge in [0.1, 0.15) is 11.9 Å². The maximum Gasteiger partial charge on any atom is 0.167 e. The number of ether oxygens (including phenoxy) is 1. The van der Waals surface area contributed by atoms with E-state index in [0.717, 1.165) is 13.1 Å². The van der Waals surface area contributed by atoms with Gasteiger partial charge in [0.25, 0.3) is 0 Å². The number of ketones is 1. The fourth-order valence-corrected chi connectivity index (χ4v) is 1.96. The smallest absolute Gasteiger partial charge is 0.167 e. The molecule has 1 heterocycles. The lowest BCUT2D eigenvalue weighted by Crippen LogP contribution is -2.51. The van der Waals surface area contributed by atoms with E-state index in [-0.39, 0.29) is 11.9 Å². The monoisotopic (exact) mass is 234 g/mol. The van der Waals surface area contributed by atoms with Gasteiger partial charge < -0.3 is 10.5 Å². The summed E-state index contributed by atoms with van der Waals surface area (Å²) in [5.41, 5.74) is 6.05. The Hall–Kier alpha value is -1.39. The first kappa shape index (κ1) is 12.1. The molecule has 4 heteroatoms. The van der Waals surface area contributed by atoms with Crippen LogP contribution in [-0.4, -0.2) is 43.5 Å². The highest BCUT2D eigenvalue weighted by Gasteiger charge is 2.26. The predicted molar refractivity (Wildman–Crippen MR) is 66.4 cm³/mol. The van der Waals surface area contributed by atoms with Gasteiger partial charge in [-0.05, 0) is 25.7 Å². The van der Waals surface area contributed by atoms with Crippen LogP contribution in [0, 0.1) is 0 Å². The Bertz CT molecular complexity index is 400. The van der Waals surface area contributed by atoms with E-state index in [1.807, 2.05) is 25.2 Å². The van der Waals surface area contributed by atoms with Crippen molar-refractivity contribution in [3.63, 3.8) is 0 Å². The zero-order valence-electron chi connectivity index (χ0n) is 10.1. The number of rotatable bonds is 5. The first-order valence-corrected chi connectivity index (χ1v) is 5.88. The molecule has 0 bridgehead atoms. The molecule has 92 valence electrons. The molecule has 0 aromatic heterocycles. The normalized spacial score (nSPS) is 16.6. The number of hydrogen-bond donors (Lipinski definition) is 1. The van der Waals surface area contributed by atoms with Gasteiger partial charge >= 0.3 is 0 Å². The van der Waals surface area contributed by atoms with Crippen molar-refractivity contribution in [2.24, 2.45) is 5.73 Å². The number of Topliss-reactive ketones (excluding diaryl/α,β-unsaturated/α-hetero) is 1. The summed E-state index contributed by atoms with van der Waals surface area (Å²) in [7, 11) is 2.05. The number of nitrogens with two attached hydrogens (primary N) is 1. The molecule has 0 saturated carbocycles. The van der Waals surface area contributed by atoms with E-state index in [4.69, 9.17) is 10.5 Å². The molecule has 2 rings (SSSR count). The third-order valence-electron chi connectivity index (χ3n) is 2.88. The van der Waals surface area contributed by atoms with E-state index in [2.05, 4.69) is 4.90 Å². The van der Waals surface area contributed by atoms with E-state index in [9.17, 15) is 4.79 Å². The SMILES string of the molecule is CN1CC(Oc2ccccc2C(=O)CCN)C1. The summed E-state index contributed by atoms with van der Waals surface area (Å²) in [6.07, 6.45) is 0.567. The summed E-state index contributed by atoms with van der Waals surface area (Å²) in [5.74, 6) is 0.736. The summed E-state index contributed by atoms with van der Waals surface area (Å²) in [6, 6.07) is 7.39. The van der Waals surface area contributed by atoms with E-state index in [1.165, 1.54) is 0 Å². The topological polar surface area (TPSA) is 55.6 Å². The van der Waals surface area contributed by atoms with Gasteiger partial charge in [-0.25, -0.2) is 0 Å². The highest BCUT2D eigenvalue weighted by atomic mass is 16.5. The predicted octanol–water partition coefficient (Wildman–Crippen LogP) is 0.911. The van der Waals surface area contributed by atoms with Crippen LogP contribution in [0.4, 0.5) is 0 Å². The van der Waals surface area contributed by atoms with Crippen molar-refractivity contribution in [1.82, 2.24) is 4.90 Å². The molecular weight excluding hydrogens is 216 g/mol. The van der Waals surface area contributed by atoms with Crippen molar-refractivity contribution in [2.45, 2.75) is 12.5 Å². The molecule has 1 fully saturated rings. The maximum absolute atomic E-state index is 11.8. The van der Waals surface area contributed by atoms with E-state index < -0.39 is 0 Å². The number of carbonyl (C=O) groups is 1. The van der Waals surface area contributed by atoms with E-state index >= 15 is 0 Å². The van der Waals surface area contributed by atoms with E-state index in [0.29, 0.717) is 24.3 Å². The first-order valence-electron chi connectivity index (χ1n) is 5.88. The number of likely N-dealkylation sites (tertiary alicyclic amines) is 1. The van der Waals surface area contributed by atoms with Crippen molar-refractivity contribution >= 4 is 5.78 Å². The van der Waals surface area contributed by atoms with Crippen LogP contribution >= 0.6 is 0 Å². The molecule has 1 aliphatic rings. The molecule has 0 unspecified atom stereocenters. The highest BCUT2D eigenvalue weighted by molar-refractivity contribution is 5.98. The molecule has 0 aliphatic carbocycles. The molecule has 0 atom stereocenters. The van der Waals surface area contributed by atoms with Crippen LogP contribution in [0.1, 0.15) is 16.8 Å². The van der Waals surface area contributed by atoms with Crippen LogP contribution in [0.2, 0.25) is 0 Å². The zero-order valence-corrected chi connectivity index (χ0v) is 10.1. The molecule has 0 amide bonds. The second kappa shape index (κ2) is 5.29. The summed E-state index contributed by atoms with van der Waals surface area (Å²) in [5, 5.41) is 0. The van der Waals surface area contributed by atoms with Crippen LogP contribution in [0.5, 0.6) is 5.75 Å². The molecule has 1 aromatic carbocycles. The third kappa shape index (κ3) is 2.84. The summed E-state index contributed by atoms with van der Waals surface area (Å²) in [6.45, 7) is 2.21. The van der Waals surface area contributed by atoms with Crippen molar-refractivity contribution in [3.05, 3.63) is 29.8 Å². The van der Waals surface area contributed by atoms with Gasteiger partial charge in [0.2, 0.25) is 0 Å². The molecule has 0 spiro atoms. The third-order valence-corrected chi connectivity index (χ3v) is 2.88. The van der Waals surface area contributed by atoms with Gasteiger partial charge in [-0.15, -0.1) is 0 Å². The minimum Gasteiger partial charge on any atom is -0.487 e. The van der Waals surface area contributed by atoms with Crippen molar-refractivity contribution in [3.8, 4) is 5.75 Å². The second-order valence-corrected chi connectivity index (χ2v) is 4.42. The highest BCUT2D eigenvalue weighted by Crippen LogP contribution is 2.23. The quantitative estimate of drug-likeness (QED) is 0.769. The summed E-state index contributed by atoms with van der Waals surface area (Å²) >= 11 is 0. The van der Waals surface area contributed by atoms with Crippen molar-refractivity contribution in [1.29, 1.82) is 0 Å². The van der Waals surface area contributed by atoms with Crippen LogP contribution in [-0.2, 0) is 0 Å². The standard InChI is InChI=1S/C13H18N2O2/c1-15-8-10(9-15)17-13-5-3-2-4-11(13)12(16)6-7-14/h2-5,10H,6-9,14H2,1H3. The lowest BCUT2D eigenvalue weighted by Gasteiger charge is -2.36. The summed E-state index contributed by atoms with van der Waals surface area (Å²) in [4.78, 5) is 14.0. The number of nitrogens with zero attached hydrogens (tertiary/aromatic N) is 1. The van der Waals surface area contributed by atoms with Gasteiger partial charge in [0.15, 0.2) is 5.78 Å². The van der Waals surface area contributed by atoms with Crippen LogP contribution < -0.4 is 10.5 Å². The Morgan fingerprint density at radius 1 is 1.47 bits per heavy atom. The molecule has 0 radical (unpaired) electrons. The van der Waals surface area contributed by atoms with Crippen LogP contribution in [0.3, 0.4) is 0 Å². The number of likely N-dealkylation sites (N-methyl/N-ethyl adjacent to an activating group) is 1. The van der Waals surface area contributed by atoms with Gasteiger partial charge in [-0.3, -0.25) is 9.69 Å².